The van der Waals surface area contributed by atoms with Crippen molar-refractivity contribution in [3.8, 4) is 5.75 Å². The molecule has 0 unspecified atom stereocenters. The third kappa shape index (κ3) is 3.72. The number of ether oxygens (including phenoxy) is 4. The van der Waals surface area contributed by atoms with E-state index in [2.05, 4.69) is 0 Å². The molecule has 1 aromatic rings. The zero-order chi connectivity index (χ0) is 14.5. The number of allylic oxidation sites excluding steroid dienone is 1. The molecule has 1 N–H and O–H groups in total. The van der Waals surface area contributed by atoms with Crippen molar-refractivity contribution in [2.24, 2.45) is 0 Å². The van der Waals surface area contributed by atoms with Crippen LogP contribution in [0, 0.1) is 6.92 Å². The summed E-state index contributed by atoms with van der Waals surface area (Å²) < 4.78 is 21.5. The van der Waals surface area contributed by atoms with Gasteiger partial charge in [-0.3, -0.25) is 0 Å². The number of aliphatic hydroxyl groups excluding tert-OH is 1. The fraction of sp³-hybridized carbons (Fsp3) is 0.467. The van der Waals surface area contributed by atoms with E-state index in [9.17, 15) is 5.11 Å². The molecule has 1 heterocycles. The molecule has 1 aliphatic heterocycles. The molecule has 110 valence electrons. The van der Waals surface area contributed by atoms with Gasteiger partial charge in [-0.25, -0.2) is 0 Å². The van der Waals surface area contributed by atoms with Gasteiger partial charge in [0.15, 0.2) is 6.29 Å². The monoisotopic (exact) mass is 280 g/mol. The van der Waals surface area contributed by atoms with E-state index in [1.54, 1.807) is 7.11 Å². The standard InChI is InChI=1S/C15H20O5/c1-10-4-5-12(15-18-8-13(16)9-19-15)6-14(10)20-11(2)7-17-3/h4-7,13,15-16H,8-9H2,1-3H3/b11-7+. The first-order valence-corrected chi connectivity index (χ1v) is 6.49. The summed E-state index contributed by atoms with van der Waals surface area (Å²) in [6.45, 7) is 4.33. The zero-order valence-corrected chi connectivity index (χ0v) is 12.0. The molecule has 2 rings (SSSR count). The van der Waals surface area contributed by atoms with Crippen molar-refractivity contribution in [3.05, 3.63) is 41.3 Å². The van der Waals surface area contributed by atoms with Crippen molar-refractivity contribution in [1.29, 1.82) is 0 Å². The first-order chi connectivity index (χ1) is 9.60. The number of rotatable bonds is 4. The van der Waals surface area contributed by atoms with Gasteiger partial charge in [-0.1, -0.05) is 12.1 Å². The van der Waals surface area contributed by atoms with E-state index in [0.29, 0.717) is 5.76 Å². The van der Waals surface area contributed by atoms with Gasteiger partial charge in [0.25, 0.3) is 0 Å². The lowest BCUT2D eigenvalue weighted by Gasteiger charge is -2.27. The average molecular weight is 280 g/mol. The van der Waals surface area contributed by atoms with Crippen molar-refractivity contribution in [2.45, 2.75) is 26.2 Å². The second-order valence-corrected chi connectivity index (χ2v) is 4.74. The van der Waals surface area contributed by atoms with Gasteiger partial charge >= 0.3 is 0 Å². The number of aliphatic hydroxyl groups is 1. The first kappa shape index (κ1) is 14.8. The molecule has 1 aliphatic rings. The third-order valence-electron chi connectivity index (χ3n) is 2.92. The predicted molar refractivity (Wildman–Crippen MR) is 73.2 cm³/mol. The number of hydrogen-bond donors (Lipinski definition) is 1. The molecule has 0 saturated carbocycles. The lowest BCUT2D eigenvalue weighted by molar-refractivity contribution is -0.220. The number of methoxy groups -OCH3 is 1. The highest BCUT2D eigenvalue weighted by Gasteiger charge is 2.22. The van der Waals surface area contributed by atoms with Crippen molar-refractivity contribution in [1.82, 2.24) is 0 Å². The maximum Gasteiger partial charge on any atom is 0.184 e. The molecule has 1 fully saturated rings. The minimum atomic E-state index is -0.556. The molecule has 20 heavy (non-hydrogen) atoms. The van der Waals surface area contributed by atoms with Crippen LogP contribution in [-0.2, 0) is 14.2 Å². The summed E-state index contributed by atoms with van der Waals surface area (Å²) >= 11 is 0. The fourth-order valence-corrected chi connectivity index (χ4v) is 1.92. The molecular formula is C15H20O5. The summed E-state index contributed by atoms with van der Waals surface area (Å²) in [5.41, 5.74) is 1.87. The number of aryl methyl sites for hydroxylation is 1. The van der Waals surface area contributed by atoms with E-state index in [0.717, 1.165) is 16.9 Å². The Balaban J connectivity index is 2.14. The summed E-state index contributed by atoms with van der Waals surface area (Å²) in [5.74, 6) is 1.39. The summed E-state index contributed by atoms with van der Waals surface area (Å²) in [6.07, 6.45) is 0.517. The second kappa shape index (κ2) is 6.74. The van der Waals surface area contributed by atoms with E-state index < -0.39 is 12.4 Å². The Labute approximate surface area is 118 Å². The topological polar surface area (TPSA) is 57.2 Å². The summed E-state index contributed by atoms with van der Waals surface area (Å²) in [5, 5.41) is 9.35. The SMILES string of the molecule is CO/C=C(\C)Oc1cc(C2OCC(O)CO2)ccc1C. The zero-order valence-electron chi connectivity index (χ0n) is 12.0. The summed E-state index contributed by atoms with van der Waals surface area (Å²) in [6, 6.07) is 5.76. The minimum absolute atomic E-state index is 0.275. The van der Waals surface area contributed by atoms with Crippen LogP contribution in [0.4, 0.5) is 0 Å². The molecule has 0 amide bonds. The van der Waals surface area contributed by atoms with Crippen molar-refractivity contribution in [3.63, 3.8) is 0 Å². The van der Waals surface area contributed by atoms with Crippen molar-refractivity contribution >= 4 is 0 Å². The van der Waals surface area contributed by atoms with Gasteiger partial charge in [0, 0.05) is 5.56 Å². The van der Waals surface area contributed by atoms with Gasteiger partial charge in [-0.2, -0.15) is 0 Å². The van der Waals surface area contributed by atoms with E-state index in [1.165, 1.54) is 6.26 Å². The maximum absolute atomic E-state index is 9.35. The Morgan fingerprint density at radius 1 is 1.35 bits per heavy atom. The highest BCUT2D eigenvalue weighted by Crippen LogP contribution is 2.29. The number of hydrogen-bond acceptors (Lipinski definition) is 5. The van der Waals surface area contributed by atoms with Gasteiger partial charge in [-0.15, -0.1) is 0 Å². The van der Waals surface area contributed by atoms with Crippen molar-refractivity contribution in [2.75, 3.05) is 20.3 Å². The van der Waals surface area contributed by atoms with Crippen molar-refractivity contribution < 1.29 is 24.1 Å². The van der Waals surface area contributed by atoms with Crippen LogP contribution in [0.3, 0.4) is 0 Å². The molecule has 0 bridgehead atoms. The van der Waals surface area contributed by atoms with Crippen LogP contribution in [0.2, 0.25) is 0 Å². The maximum atomic E-state index is 9.35. The van der Waals surface area contributed by atoms with Crippen LogP contribution in [-0.4, -0.2) is 31.5 Å². The minimum Gasteiger partial charge on any atom is -0.501 e. The Morgan fingerprint density at radius 3 is 2.70 bits per heavy atom. The van der Waals surface area contributed by atoms with Gasteiger partial charge < -0.3 is 24.1 Å². The van der Waals surface area contributed by atoms with E-state index in [4.69, 9.17) is 18.9 Å². The normalized spacial score (nSPS) is 23.5. The Kier molecular flexibility index (Phi) is 5.00. The Morgan fingerprint density at radius 2 is 2.05 bits per heavy atom. The Bertz CT molecular complexity index is 475. The highest BCUT2D eigenvalue weighted by molar-refractivity contribution is 5.38. The molecular weight excluding hydrogens is 260 g/mol. The Hall–Kier alpha value is -1.56. The van der Waals surface area contributed by atoms with Crippen LogP contribution in [0.1, 0.15) is 24.3 Å². The smallest absolute Gasteiger partial charge is 0.184 e. The van der Waals surface area contributed by atoms with Crippen LogP contribution in [0.5, 0.6) is 5.75 Å². The highest BCUT2D eigenvalue weighted by atomic mass is 16.7. The van der Waals surface area contributed by atoms with Gasteiger partial charge in [0.05, 0.1) is 20.3 Å². The predicted octanol–water partition coefficient (Wildman–Crippen LogP) is 2.29. The van der Waals surface area contributed by atoms with Gasteiger partial charge in [-0.05, 0) is 25.5 Å². The molecule has 0 aromatic heterocycles. The molecule has 5 nitrogen and oxygen atoms in total. The van der Waals surface area contributed by atoms with E-state index >= 15 is 0 Å². The van der Waals surface area contributed by atoms with Crippen LogP contribution in [0.25, 0.3) is 0 Å². The van der Waals surface area contributed by atoms with Gasteiger partial charge in [0.2, 0.25) is 0 Å². The van der Waals surface area contributed by atoms with Crippen LogP contribution >= 0.6 is 0 Å². The molecule has 0 aliphatic carbocycles. The third-order valence-corrected chi connectivity index (χ3v) is 2.92. The van der Waals surface area contributed by atoms with E-state index in [1.807, 2.05) is 32.0 Å². The first-order valence-electron chi connectivity index (χ1n) is 6.49. The molecule has 1 aromatic carbocycles. The van der Waals surface area contributed by atoms with Gasteiger partial charge in [0.1, 0.15) is 23.9 Å². The number of benzene rings is 1. The average Bonchev–Trinajstić information content (AvgIpc) is 2.42. The lowest BCUT2D eigenvalue weighted by Crippen LogP contribution is -2.31. The quantitative estimate of drug-likeness (QED) is 0.858. The summed E-state index contributed by atoms with van der Waals surface area (Å²) in [4.78, 5) is 0. The summed E-state index contributed by atoms with van der Waals surface area (Å²) in [7, 11) is 1.57. The second-order valence-electron chi connectivity index (χ2n) is 4.74. The molecule has 0 atom stereocenters. The fourth-order valence-electron chi connectivity index (χ4n) is 1.92. The van der Waals surface area contributed by atoms with Crippen LogP contribution in [0.15, 0.2) is 30.2 Å². The van der Waals surface area contributed by atoms with E-state index in [-0.39, 0.29) is 13.2 Å². The molecule has 5 heteroatoms. The molecule has 1 saturated heterocycles. The molecule has 0 radical (unpaired) electrons. The largest absolute Gasteiger partial charge is 0.501 e. The lowest BCUT2D eigenvalue weighted by atomic mass is 10.1. The molecule has 0 spiro atoms. The van der Waals surface area contributed by atoms with Crippen LogP contribution < -0.4 is 4.74 Å².